The van der Waals surface area contributed by atoms with Gasteiger partial charge in [0.05, 0.1) is 5.75 Å². The quantitative estimate of drug-likeness (QED) is 0.803. The van der Waals surface area contributed by atoms with Crippen molar-refractivity contribution in [2.45, 2.75) is 32.3 Å². The zero-order valence-electron chi connectivity index (χ0n) is 12.4. The van der Waals surface area contributed by atoms with E-state index in [9.17, 15) is 9.59 Å². The van der Waals surface area contributed by atoms with E-state index in [-0.39, 0.29) is 11.5 Å². The summed E-state index contributed by atoms with van der Waals surface area (Å²) in [6, 6.07) is 1.53. The lowest BCUT2D eigenvalue weighted by molar-refractivity contribution is -0.127. The number of carbonyl (C=O) groups excluding carboxylic acids is 1. The minimum absolute atomic E-state index is 0.0734. The summed E-state index contributed by atoms with van der Waals surface area (Å²) in [6.45, 7) is 7.27. The van der Waals surface area contributed by atoms with Crippen molar-refractivity contribution >= 4 is 23.4 Å². The summed E-state index contributed by atoms with van der Waals surface area (Å²) in [6.07, 6.45) is 0.690. The molecule has 0 aliphatic heterocycles. The zero-order chi connectivity index (χ0) is 15.4. The Morgan fingerprint density at radius 2 is 2.05 bits per heavy atom. The summed E-state index contributed by atoms with van der Waals surface area (Å²) in [5, 5.41) is 8.65. The smallest absolute Gasteiger partial charge is 0.252 e. The number of thioether (sulfide) groups is 1. The normalized spacial score (nSPS) is 11.0. The summed E-state index contributed by atoms with van der Waals surface area (Å²) in [5.41, 5.74) is 0.638. The summed E-state index contributed by atoms with van der Waals surface area (Å²) in [4.78, 5) is 28.0. The Morgan fingerprint density at radius 1 is 1.33 bits per heavy atom. The highest BCUT2D eigenvalue weighted by atomic mass is 32.2. The van der Waals surface area contributed by atoms with Gasteiger partial charge in [-0.25, -0.2) is 0 Å². The fourth-order valence-corrected chi connectivity index (χ4v) is 2.99. The standard InChI is InChI=1S/C13H19N5O2S/c1-4-9-7-10(19)14-12-15-16-13(18(9)12)21-8-11(20)17(5-2)6-3/h7H,4-6,8H2,1-3H3,(H,14,15,19). The van der Waals surface area contributed by atoms with Crippen LogP contribution in [0.15, 0.2) is 16.0 Å². The van der Waals surface area contributed by atoms with Gasteiger partial charge in [-0.15, -0.1) is 10.2 Å². The third-order valence-electron chi connectivity index (χ3n) is 3.26. The molecule has 114 valence electrons. The SMILES string of the molecule is CCc1cc(=O)[nH]c2nnc(SCC(=O)N(CC)CC)n12. The molecule has 2 heterocycles. The highest BCUT2D eigenvalue weighted by Crippen LogP contribution is 2.18. The van der Waals surface area contributed by atoms with Crippen LogP contribution in [0.3, 0.4) is 0 Å². The summed E-state index contributed by atoms with van der Waals surface area (Å²) in [5.74, 6) is 0.798. The topological polar surface area (TPSA) is 83.4 Å². The van der Waals surface area contributed by atoms with Gasteiger partial charge in [-0.1, -0.05) is 18.7 Å². The number of carbonyl (C=O) groups is 1. The Labute approximate surface area is 126 Å². The number of nitrogens with zero attached hydrogens (tertiary/aromatic N) is 4. The highest BCUT2D eigenvalue weighted by Gasteiger charge is 2.15. The number of aryl methyl sites for hydroxylation is 1. The van der Waals surface area contributed by atoms with Crippen LogP contribution in [0, 0.1) is 0 Å². The number of rotatable bonds is 6. The zero-order valence-corrected chi connectivity index (χ0v) is 13.2. The monoisotopic (exact) mass is 309 g/mol. The summed E-state index contributed by atoms with van der Waals surface area (Å²) < 4.78 is 1.79. The second-order valence-electron chi connectivity index (χ2n) is 4.47. The second-order valence-corrected chi connectivity index (χ2v) is 5.42. The van der Waals surface area contributed by atoms with Gasteiger partial charge in [-0.05, 0) is 20.3 Å². The van der Waals surface area contributed by atoms with Crippen LogP contribution in [0.2, 0.25) is 0 Å². The number of hydrogen-bond donors (Lipinski definition) is 1. The lowest BCUT2D eigenvalue weighted by Gasteiger charge is -2.17. The molecule has 0 unspecified atom stereocenters. The molecule has 0 bridgehead atoms. The van der Waals surface area contributed by atoms with Crippen LogP contribution in [0.4, 0.5) is 0 Å². The first-order chi connectivity index (χ1) is 10.1. The molecular formula is C13H19N5O2S. The van der Waals surface area contributed by atoms with Gasteiger partial charge in [0.2, 0.25) is 11.7 Å². The molecule has 0 spiro atoms. The molecule has 1 amide bonds. The van der Waals surface area contributed by atoms with E-state index >= 15 is 0 Å². The molecule has 21 heavy (non-hydrogen) atoms. The van der Waals surface area contributed by atoms with E-state index < -0.39 is 0 Å². The van der Waals surface area contributed by atoms with Crippen molar-refractivity contribution in [1.29, 1.82) is 0 Å². The number of amides is 1. The molecule has 7 nitrogen and oxygen atoms in total. The third-order valence-corrected chi connectivity index (χ3v) is 4.17. The molecule has 0 aliphatic carbocycles. The molecule has 0 atom stereocenters. The molecule has 8 heteroatoms. The second kappa shape index (κ2) is 6.75. The van der Waals surface area contributed by atoms with Crippen molar-refractivity contribution in [2.24, 2.45) is 0 Å². The predicted molar refractivity (Wildman–Crippen MR) is 81.6 cm³/mol. The van der Waals surface area contributed by atoms with E-state index in [0.29, 0.717) is 36.2 Å². The number of fused-ring (bicyclic) bond motifs is 1. The first kappa shape index (κ1) is 15.6. The average Bonchev–Trinajstić information content (AvgIpc) is 2.88. The molecule has 0 saturated heterocycles. The largest absolute Gasteiger partial charge is 0.343 e. The van der Waals surface area contributed by atoms with Gasteiger partial charge < -0.3 is 4.90 Å². The predicted octanol–water partition coefficient (Wildman–Crippen LogP) is 0.940. The lowest BCUT2D eigenvalue weighted by atomic mass is 10.3. The number of aromatic nitrogens is 4. The van der Waals surface area contributed by atoms with Gasteiger partial charge >= 0.3 is 0 Å². The molecule has 2 aromatic rings. The molecule has 2 aromatic heterocycles. The maximum atomic E-state index is 12.0. The van der Waals surface area contributed by atoms with E-state index in [1.54, 1.807) is 9.30 Å². The number of H-pyrrole nitrogens is 1. The molecular weight excluding hydrogens is 290 g/mol. The number of nitrogens with one attached hydrogen (secondary N) is 1. The average molecular weight is 309 g/mol. The van der Waals surface area contributed by atoms with Gasteiger partial charge in [0.25, 0.3) is 5.56 Å². The van der Waals surface area contributed by atoms with Crippen LogP contribution in [-0.4, -0.2) is 49.2 Å². The van der Waals surface area contributed by atoms with Gasteiger partial charge in [0.15, 0.2) is 5.16 Å². The fraction of sp³-hybridized carbons (Fsp3) is 0.538. The molecule has 0 fully saturated rings. The van der Waals surface area contributed by atoms with E-state index in [0.717, 1.165) is 5.69 Å². The van der Waals surface area contributed by atoms with Gasteiger partial charge in [-0.3, -0.25) is 19.0 Å². The first-order valence-electron chi connectivity index (χ1n) is 6.98. The van der Waals surface area contributed by atoms with Crippen molar-refractivity contribution in [2.75, 3.05) is 18.8 Å². The van der Waals surface area contributed by atoms with E-state index in [2.05, 4.69) is 15.2 Å². The molecule has 0 saturated carbocycles. The van der Waals surface area contributed by atoms with Crippen LogP contribution in [0.25, 0.3) is 5.78 Å². The van der Waals surface area contributed by atoms with Crippen LogP contribution in [-0.2, 0) is 11.2 Å². The Balaban J connectivity index is 2.23. The maximum Gasteiger partial charge on any atom is 0.252 e. The molecule has 0 aliphatic rings. The van der Waals surface area contributed by atoms with Crippen LogP contribution in [0.1, 0.15) is 26.5 Å². The Kier molecular flexibility index (Phi) is 5.00. The van der Waals surface area contributed by atoms with Gasteiger partial charge in [0, 0.05) is 24.8 Å². The minimum atomic E-state index is -0.192. The van der Waals surface area contributed by atoms with E-state index in [4.69, 9.17) is 0 Å². The van der Waals surface area contributed by atoms with Crippen LogP contribution < -0.4 is 5.56 Å². The Hall–Kier alpha value is -1.83. The first-order valence-corrected chi connectivity index (χ1v) is 7.97. The maximum absolute atomic E-state index is 12.0. The van der Waals surface area contributed by atoms with Crippen molar-refractivity contribution in [1.82, 2.24) is 24.5 Å². The van der Waals surface area contributed by atoms with Crippen molar-refractivity contribution < 1.29 is 4.79 Å². The molecule has 0 radical (unpaired) electrons. The van der Waals surface area contributed by atoms with Crippen molar-refractivity contribution in [3.05, 3.63) is 22.1 Å². The Bertz CT molecular complexity index is 689. The third kappa shape index (κ3) is 3.26. The minimum Gasteiger partial charge on any atom is -0.343 e. The van der Waals surface area contributed by atoms with E-state index in [1.165, 1.54) is 17.8 Å². The van der Waals surface area contributed by atoms with Crippen molar-refractivity contribution in [3.63, 3.8) is 0 Å². The molecule has 1 N–H and O–H groups in total. The molecule has 2 rings (SSSR count). The van der Waals surface area contributed by atoms with Gasteiger partial charge in [-0.2, -0.15) is 0 Å². The highest BCUT2D eigenvalue weighted by molar-refractivity contribution is 7.99. The van der Waals surface area contributed by atoms with Crippen LogP contribution in [0.5, 0.6) is 0 Å². The molecule has 0 aromatic carbocycles. The fourth-order valence-electron chi connectivity index (χ4n) is 2.12. The lowest BCUT2D eigenvalue weighted by Crippen LogP contribution is -2.31. The summed E-state index contributed by atoms with van der Waals surface area (Å²) in [7, 11) is 0. The number of aromatic amines is 1. The Morgan fingerprint density at radius 3 is 2.67 bits per heavy atom. The van der Waals surface area contributed by atoms with Gasteiger partial charge in [0.1, 0.15) is 0 Å². The van der Waals surface area contributed by atoms with E-state index in [1.807, 2.05) is 20.8 Å². The summed E-state index contributed by atoms with van der Waals surface area (Å²) >= 11 is 1.34. The van der Waals surface area contributed by atoms with Crippen molar-refractivity contribution in [3.8, 4) is 0 Å². The number of hydrogen-bond acceptors (Lipinski definition) is 5. The van der Waals surface area contributed by atoms with Crippen LogP contribution >= 0.6 is 11.8 Å².